The number of rotatable bonds is 2. The highest BCUT2D eigenvalue weighted by molar-refractivity contribution is 7.73. The van der Waals surface area contributed by atoms with Crippen LogP contribution in [0, 0.1) is 15.6 Å². The van der Waals surface area contributed by atoms with Crippen molar-refractivity contribution in [1.82, 2.24) is 19.7 Å². The van der Waals surface area contributed by atoms with E-state index in [1.807, 2.05) is 42.6 Å². The number of nitrogens with one attached hydrogen (secondary N) is 3. The van der Waals surface area contributed by atoms with E-state index in [2.05, 4.69) is 20.4 Å². The van der Waals surface area contributed by atoms with E-state index in [4.69, 9.17) is 24.4 Å². The molecule has 3 rings (SSSR count). The summed E-state index contributed by atoms with van der Waals surface area (Å²) in [4.78, 5) is 18.0. The molecule has 2 aromatic heterocycles. The summed E-state index contributed by atoms with van der Waals surface area (Å²) in [6, 6.07) is 9.47. The molecule has 0 aliphatic heterocycles. The van der Waals surface area contributed by atoms with Crippen LogP contribution in [0.3, 0.4) is 0 Å². The van der Waals surface area contributed by atoms with E-state index in [0.29, 0.717) is 10.7 Å². The Balaban J connectivity index is 0.000000229. The van der Waals surface area contributed by atoms with Gasteiger partial charge in [0.05, 0.1) is 5.69 Å². The standard InChI is InChI=1S/C10H10N4OS.C4H5NS2/c1-7(15)11-9-12-10(16)13-14(9)8-5-3-2-4-6-8;1-3-2-7-4(6)5-3/h2-6H,1H3,(H2,11,12,13,15,16);2H,1H3,(H,5,6). The van der Waals surface area contributed by atoms with Crippen LogP contribution in [0.15, 0.2) is 35.7 Å². The minimum absolute atomic E-state index is 0.189. The molecule has 0 bridgehead atoms. The third-order valence-corrected chi connectivity index (χ3v) is 3.93. The third-order valence-electron chi connectivity index (χ3n) is 2.57. The lowest BCUT2D eigenvalue weighted by atomic mass is 10.3. The largest absolute Gasteiger partial charge is 0.341 e. The number of thiazole rings is 1. The fourth-order valence-electron chi connectivity index (χ4n) is 1.69. The van der Waals surface area contributed by atoms with Crippen LogP contribution < -0.4 is 5.32 Å². The molecule has 120 valence electrons. The summed E-state index contributed by atoms with van der Waals surface area (Å²) in [5.74, 6) is 0.204. The van der Waals surface area contributed by atoms with Gasteiger partial charge in [0.25, 0.3) is 0 Å². The van der Waals surface area contributed by atoms with Gasteiger partial charge in [0, 0.05) is 18.0 Å². The summed E-state index contributed by atoms with van der Waals surface area (Å²) in [7, 11) is 0. The molecule has 0 radical (unpaired) electrons. The molecule has 0 aliphatic carbocycles. The van der Waals surface area contributed by atoms with Crippen LogP contribution in [0.1, 0.15) is 12.6 Å². The first-order valence-electron chi connectivity index (χ1n) is 6.62. The number of carbonyl (C=O) groups excluding carboxylic acids is 1. The minimum Gasteiger partial charge on any atom is -0.341 e. The number of aryl methyl sites for hydroxylation is 1. The van der Waals surface area contributed by atoms with E-state index in [1.165, 1.54) is 6.92 Å². The van der Waals surface area contributed by atoms with E-state index >= 15 is 0 Å². The van der Waals surface area contributed by atoms with Crippen molar-refractivity contribution in [2.24, 2.45) is 0 Å². The third kappa shape index (κ3) is 5.23. The minimum atomic E-state index is -0.189. The number of carbonyl (C=O) groups is 1. The number of H-pyrrole nitrogens is 2. The van der Waals surface area contributed by atoms with Crippen LogP contribution in [-0.4, -0.2) is 25.7 Å². The van der Waals surface area contributed by atoms with Crippen LogP contribution in [-0.2, 0) is 4.79 Å². The predicted molar refractivity (Wildman–Crippen MR) is 97.3 cm³/mol. The molecular weight excluding hydrogens is 350 g/mol. The zero-order chi connectivity index (χ0) is 16.8. The lowest BCUT2D eigenvalue weighted by Crippen LogP contribution is -2.11. The van der Waals surface area contributed by atoms with Gasteiger partial charge in [0.15, 0.2) is 3.95 Å². The quantitative estimate of drug-likeness (QED) is 0.600. The molecule has 23 heavy (non-hydrogen) atoms. The summed E-state index contributed by atoms with van der Waals surface area (Å²) in [6.45, 7) is 3.42. The SMILES string of the molecule is CC(=O)Nc1nc(=S)[nH]n1-c1ccccc1.Cc1csc(=S)[nH]1. The van der Waals surface area contributed by atoms with Gasteiger partial charge in [-0.3, -0.25) is 15.2 Å². The first-order chi connectivity index (χ1) is 11.0. The van der Waals surface area contributed by atoms with Crippen LogP contribution in [0.5, 0.6) is 0 Å². The maximum Gasteiger partial charge on any atom is 0.232 e. The first-order valence-corrected chi connectivity index (χ1v) is 8.32. The maximum absolute atomic E-state index is 11.0. The summed E-state index contributed by atoms with van der Waals surface area (Å²) >= 11 is 11.3. The van der Waals surface area contributed by atoms with Crippen LogP contribution in [0.25, 0.3) is 5.69 Å². The second kappa shape index (κ2) is 7.95. The van der Waals surface area contributed by atoms with Gasteiger partial charge in [-0.05, 0) is 43.5 Å². The lowest BCUT2D eigenvalue weighted by Gasteiger charge is -2.05. The molecule has 2 heterocycles. The number of anilines is 1. The zero-order valence-electron chi connectivity index (χ0n) is 12.5. The van der Waals surface area contributed by atoms with Gasteiger partial charge in [-0.15, -0.1) is 11.3 Å². The van der Waals surface area contributed by atoms with Gasteiger partial charge < -0.3 is 4.98 Å². The highest BCUT2D eigenvalue weighted by atomic mass is 32.1. The van der Waals surface area contributed by atoms with Gasteiger partial charge in [-0.25, -0.2) is 4.68 Å². The Labute approximate surface area is 147 Å². The normalized spacial score (nSPS) is 9.83. The Morgan fingerprint density at radius 2 is 2.00 bits per heavy atom. The molecule has 6 nitrogen and oxygen atoms in total. The van der Waals surface area contributed by atoms with Crippen molar-refractivity contribution in [1.29, 1.82) is 0 Å². The van der Waals surface area contributed by atoms with E-state index in [0.717, 1.165) is 15.3 Å². The maximum atomic E-state index is 11.0. The molecule has 0 saturated carbocycles. The number of aromatic amines is 2. The number of hydrogen-bond donors (Lipinski definition) is 3. The number of para-hydroxylation sites is 1. The fourth-order valence-corrected chi connectivity index (χ4v) is 2.73. The number of nitrogens with zero attached hydrogens (tertiary/aromatic N) is 2. The van der Waals surface area contributed by atoms with Crippen molar-refractivity contribution in [3.63, 3.8) is 0 Å². The Hall–Kier alpha value is -2.10. The summed E-state index contributed by atoms with van der Waals surface area (Å²) in [5, 5.41) is 7.48. The molecular formula is C14H15N5OS3. The van der Waals surface area contributed by atoms with Gasteiger partial charge in [-0.1, -0.05) is 18.2 Å². The van der Waals surface area contributed by atoms with Crippen LogP contribution in [0.4, 0.5) is 5.95 Å². The summed E-state index contributed by atoms with van der Waals surface area (Å²) in [6.07, 6.45) is 0. The number of benzene rings is 1. The average Bonchev–Trinajstić information content (AvgIpc) is 3.05. The van der Waals surface area contributed by atoms with Crippen molar-refractivity contribution in [2.45, 2.75) is 13.8 Å². The zero-order valence-corrected chi connectivity index (χ0v) is 14.9. The topological polar surface area (TPSA) is 78.5 Å². The predicted octanol–water partition coefficient (Wildman–Crippen LogP) is 4.00. The van der Waals surface area contributed by atoms with Crippen molar-refractivity contribution < 1.29 is 4.79 Å². The molecule has 0 aliphatic rings. The molecule has 0 atom stereocenters. The van der Waals surface area contributed by atoms with Crippen LogP contribution >= 0.6 is 35.8 Å². The Bertz CT molecular complexity index is 891. The summed E-state index contributed by atoms with van der Waals surface area (Å²) < 4.78 is 2.81. The van der Waals surface area contributed by atoms with E-state index in [-0.39, 0.29) is 5.91 Å². The molecule has 0 unspecified atom stereocenters. The van der Waals surface area contributed by atoms with E-state index in [9.17, 15) is 4.79 Å². The fraction of sp³-hybridized carbons (Fsp3) is 0.143. The molecule has 1 aromatic carbocycles. The molecule has 3 N–H and O–H groups in total. The molecule has 9 heteroatoms. The Morgan fingerprint density at radius 3 is 2.48 bits per heavy atom. The van der Waals surface area contributed by atoms with Crippen molar-refractivity contribution in [3.8, 4) is 5.69 Å². The monoisotopic (exact) mass is 365 g/mol. The van der Waals surface area contributed by atoms with Crippen molar-refractivity contribution >= 4 is 47.6 Å². The van der Waals surface area contributed by atoms with Gasteiger partial charge in [0.2, 0.25) is 16.6 Å². The molecule has 0 saturated heterocycles. The van der Waals surface area contributed by atoms with Crippen molar-refractivity contribution in [2.75, 3.05) is 5.32 Å². The molecule has 0 spiro atoms. The van der Waals surface area contributed by atoms with Crippen molar-refractivity contribution in [3.05, 3.63) is 50.1 Å². The molecule has 1 amide bonds. The number of amides is 1. The second-order valence-electron chi connectivity index (χ2n) is 4.54. The Morgan fingerprint density at radius 1 is 1.30 bits per heavy atom. The first kappa shape index (κ1) is 17.3. The number of aromatic nitrogens is 4. The second-order valence-corrected chi connectivity index (χ2v) is 6.47. The van der Waals surface area contributed by atoms with Gasteiger partial charge in [-0.2, -0.15) is 4.98 Å². The molecule has 0 fully saturated rings. The highest BCUT2D eigenvalue weighted by Crippen LogP contribution is 2.11. The Kier molecular flexibility index (Phi) is 5.97. The molecule has 3 aromatic rings. The van der Waals surface area contributed by atoms with Crippen LogP contribution in [0.2, 0.25) is 0 Å². The van der Waals surface area contributed by atoms with Gasteiger partial charge >= 0.3 is 0 Å². The smallest absolute Gasteiger partial charge is 0.232 e. The van der Waals surface area contributed by atoms with Gasteiger partial charge in [0.1, 0.15) is 0 Å². The summed E-state index contributed by atoms with van der Waals surface area (Å²) in [5.41, 5.74) is 2.00. The number of hydrogen-bond acceptors (Lipinski definition) is 5. The highest BCUT2D eigenvalue weighted by Gasteiger charge is 2.07. The van der Waals surface area contributed by atoms with E-state index < -0.39 is 0 Å². The lowest BCUT2D eigenvalue weighted by molar-refractivity contribution is -0.114. The van der Waals surface area contributed by atoms with E-state index in [1.54, 1.807) is 16.0 Å². The average molecular weight is 366 g/mol.